The maximum absolute atomic E-state index is 5.54. The predicted octanol–water partition coefficient (Wildman–Crippen LogP) is 2.64. The summed E-state index contributed by atoms with van der Waals surface area (Å²) in [6, 6.07) is 6.29. The minimum atomic E-state index is -0.0565. The van der Waals surface area contributed by atoms with Gasteiger partial charge in [-0.2, -0.15) is 0 Å². The average molecular weight is 192 g/mol. The molecule has 14 heavy (non-hydrogen) atoms. The van der Waals surface area contributed by atoms with Gasteiger partial charge in [-0.25, -0.2) is 0 Å². The molecule has 2 rings (SSSR count). The number of rotatable bonds is 3. The Balaban J connectivity index is 2.42. The highest BCUT2D eigenvalue weighted by atomic mass is 16.5. The van der Waals surface area contributed by atoms with Crippen LogP contribution in [0, 0.1) is 6.92 Å². The van der Waals surface area contributed by atoms with Gasteiger partial charge in [0.2, 0.25) is 0 Å². The summed E-state index contributed by atoms with van der Waals surface area (Å²) in [6.07, 6.45) is 2.20. The maximum atomic E-state index is 5.54. The topological polar surface area (TPSA) is 18.5 Å². The van der Waals surface area contributed by atoms with Crippen LogP contribution >= 0.6 is 0 Å². The Morgan fingerprint density at radius 3 is 2.43 bits per heavy atom. The number of hydrogen-bond donors (Lipinski definition) is 0. The summed E-state index contributed by atoms with van der Waals surface area (Å²) in [5.41, 5.74) is 2.35. The molecule has 1 aromatic carbocycles. The summed E-state index contributed by atoms with van der Waals surface area (Å²) in [5, 5.41) is 0. The van der Waals surface area contributed by atoms with Crippen LogP contribution in [0.15, 0.2) is 18.2 Å². The monoisotopic (exact) mass is 192 g/mol. The summed E-state index contributed by atoms with van der Waals surface area (Å²) in [7, 11) is 3.48. The Morgan fingerprint density at radius 1 is 1.21 bits per heavy atom. The zero-order valence-corrected chi connectivity index (χ0v) is 8.96. The van der Waals surface area contributed by atoms with Crippen LogP contribution in [-0.2, 0) is 10.3 Å². The maximum Gasteiger partial charge on any atom is 0.125 e. The number of benzene rings is 1. The van der Waals surface area contributed by atoms with E-state index in [9.17, 15) is 0 Å². The van der Waals surface area contributed by atoms with Crippen molar-refractivity contribution in [2.75, 3.05) is 14.2 Å². The minimum absolute atomic E-state index is 0.0565. The Labute approximate surface area is 84.8 Å². The van der Waals surface area contributed by atoms with E-state index in [1.807, 2.05) is 0 Å². The van der Waals surface area contributed by atoms with Crippen LogP contribution in [0.3, 0.4) is 0 Å². The molecule has 0 bridgehead atoms. The molecular weight excluding hydrogens is 176 g/mol. The molecular formula is C12H16O2. The van der Waals surface area contributed by atoms with Gasteiger partial charge in [-0.15, -0.1) is 0 Å². The standard InChI is InChI=1S/C12H16O2/c1-9-4-5-10(11(8-9)13-2)12(14-3)6-7-12/h4-5,8H,6-7H2,1-3H3. The lowest BCUT2D eigenvalue weighted by atomic mass is 10.0. The quantitative estimate of drug-likeness (QED) is 0.733. The van der Waals surface area contributed by atoms with Crippen LogP contribution in [0.2, 0.25) is 0 Å². The molecule has 0 saturated heterocycles. The van der Waals surface area contributed by atoms with E-state index in [1.165, 1.54) is 11.1 Å². The molecule has 1 fully saturated rings. The number of methoxy groups -OCH3 is 2. The Bertz CT molecular complexity index is 340. The lowest BCUT2D eigenvalue weighted by molar-refractivity contribution is 0.0765. The summed E-state index contributed by atoms with van der Waals surface area (Å²) in [5.74, 6) is 0.948. The second-order valence-electron chi connectivity index (χ2n) is 3.90. The molecule has 2 nitrogen and oxygen atoms in total. The largest absolute Gasteiger partial charge is 0.496 e. The van der Waals surface area contributed by atoms with Crippen LogP contribution in [0.4, 0.5) is 0 Å². The first-order chi connectivity index (χ1) is 6.72. The zero-order valence-electron chi connectivity index (χ0n) is 8.96. The number of ether oxygens (including phenoxy) is 2. The highest BCUT2D eigenvalue weighted by Gasteiger charge is 2.46. The van der Waals surface area contributed by atoms with E-state index in [1.54, 1.807) is 14.2 Å². The first kappa shape index (κ1) is 9.53. The third-order valence-electron chi connectivity index (χ3n) is 2.94. The van der Waals surface area contributed by atoms with Crippen molar-refractivity contribution in [3.63, 3.8) is 0 Å². The van der Waals surface area contributed by atoms with Gasteiger partial charge in [0, 0.05) is 12.7 Å². The predicted molar refractivity (Wildman–Crippen MR) is 55.7 cm³/mol. The molecule has 1 aliphatic carbocycles. The van der Waals surface area contributed by atoms with Gasteiger partial charge in [0.15, 0.2) is 0 Å². The molecule has 0 N–H and O–H groups in total. The highest BCUT2D eigenvalue weighted by Crippen LogP contribution is 2.51. The zero-order chi connectivity index (χ0) is 10.2. The van der Waals surface area contributed by atoms with E-state index < -0.39 is 0 Å². The van der Waals surface area contributed by atoms with Crippen molar-refractivity contribution in [2.45, 2.75) is 25.4 Å². The van der Waals surface area contributed by atoms with Gasteiger partial charge < -0.3 is 9.47 Å². The van der Waals surface area contributed by atoms with Crippen LogP contribution in [0.5, 0.6) is 5.75 Å². The van der Waals surface area contributed by atoms with Gasteiger partial charge in [0.1, 0.15) is 5.75 Å². The molecule has 0 heterocycles. The second-order valence-corrected chi connectivity index (χ2v) is 3.90. The minimum Gasteiger partial charge on any atom is -0.496 e. The molecule has 0 atom stereocenters. The normalized spacial score (nSPS) is 17.9. The summed E-state index contributed by atoms with van der Waals surface area (Å²) >= 11 is 0. The van der Waals surface area contributed by atoms with E-state index >= 15 is 0 Å². The fourth-order valence-corrected chi connectivity index (χ4v) is 1.87. The summed E-state index contributed by atoms with van der Waals surface area (Å²) in [6.45, 7) is 2.07. The van der Waals surface area contributed by atoms with Gasteiger partial charge in [-0.1, -0.05) is 12.1 Å². The average Bonchev–Trinajstić information content (AvgIpc) is 2.98. The lowest BCUT2D eigenvalue weighted by Crippen LogP contribution is -2.10. The summed E-state index contributed by atoms with van der Waals surface area (Å²) < 4.78 is 10.9. The van der Waals surface area contributed by atoms with E-state index in [4.69, 9.17) is 9.47 Å². The van der Waals surface area contributed by atoms with Crippen molar-refractivity contribution in [1.29, 1.82) is 0 Å². The van der Waals surface area contributed by atoms with Crippen molar-refractivity contribution in [3.05, 3.63) is 29.3 Å². The number of aryl methyl sites for hydroxylation is 1. The van der Waals surface area contributed by atoms with Crippen LogP contribution in [0.1, 0.15) is 24.0 Å². The van der Waals surface area contributed by atoms with Gasteiger partial charge in [-0.3, -0.25) is 0 Å². The molecule has 0 aromatic heterocycles. The van der Waals surface area contributed by atoms with Crippen LogP contribution in [0.25, 0.3) is 0 Å². The van der Waals surface area contributed by atoms with Gasteiger partial charge in [-0.05, 0) is 31.4 Å². The molecule has 1 aliphatic rings. The highest BCUT2D eigenvalue weighted by molar-refractivity contribution is 5.43. The second kappa shape index (κ2) is 3.28. The van der Waals surface area contributed by atoms with E-state index in [0.717, 1.165) is 18.6 Å². The van der Waals surface area contributed by atoms with Crippen molar-refractivity contribution in [3.8, 4) is 5.75 Å². The Morgan fingerprint density at radius 2 is 1.93 bits per heavy atom. The fraction of sp³-hybridized carbons (Fsp3) is 0.500. The van der Waals surface area contributed by atoms with Crippen molar-refractivity contribution in [1.82, 2.24) is 0 Å². The van der Waals surface area contributed by atoms with Crippen LogP contribution < -0.4 is 4.74 Å². The molecule has 0 unspecified atom stereocenters. The van der Waals surface area contributed by atoms with Crippen molar-refractivity contribution in [2.24, 2.45) is 0 Å². The number of hydrogen-bond acceptors (Lipinski definition) is 2. The van der Waals surface area contributed by atoms with Gasteiger partial charge >= 0.3 is 0 Å². The molecule has 0 aliphatic heterocycles. The van der Waals surface area contributed by atoms with Gasteiger partial charge in [0.05, 0.1) is 12.7 Å². The first-order valence-electron chi connectivity index (χ1n) is 4.92. The Hall–Kier alpha value is -1.02. The smallest absolute Gasteiger partial charge is 0.125 e. The molecule has 1 saturated carbocycles. The third-order valence-corrected chi connectivity index (χ3v) is 2.94. The summed E-state index contributed by atoms with van der Waals surface area (Å²) in [4.78, 5) is 0. The fourth-order valence-electron chi connectivity index (χ4n) is 1.87. The molecule has 0 amide bonds. The molecule has 1 aromatic rings. The van der Waals surface area contributed by atoms with Crippen molar-refractivity contribution < 1.29 is 9.47 Å². The third kappa shape index (κ3) is 1.40. The first-order valence-corrected chi connectivity index (χ1v) is 4.92. The Kier molecular flexibility index (Phi) is 2.23. The molecule has 76 valence electrons. The van der Waals surface area contributed by atoms with Gasteiger partial charge in [0.25, 0.3) is 0 Å². The van der Waals surface area contributed by atoms with E-state index in [2.05, 4.69) is 25.1 Å². The van der Waals surface area contributed by atoms with E-state index in [0.29, 0.717) is 0 Å². The molecule has 0 spiro atoms. The SMILES string of the molecule is COc1cc(C)ccc1C1(OC)CC1. The van der Waals surface area contributed by atoms with Crippen LogP contribution in [-0.4, -0.2) is 14.2 Å². The molecule has 2 heteroatoms. The lowest BCUT2D eigenvalue weighted by Gasteiger charge is -2.17. The molecule has 0 radical (unpaired) electrons. The van der Waals surface area contributed by atoms with Crippen molar-refractivity contribution >= 4 is 0 Å². The van der Waals surface area contributed by atoms with E-state index in [-0.39, 0.29) is 5.60 Å².